The van der Waals surface area contributed by atoms with Gasteiger partial charge < -0.3 is 4.74 Å². The second kappa shape index (κ2) is 9.20. The lowest BCUT2D eigenvalue weighted by Crippen LogP contribution is -2.24. The van der Waals surface area contributed by atoms with E-state index in [1.165, 1.54) is 16.9 Å². The van der Waals surface area contributed by atoms with Crippen molar-refractivity contribution in [2.75, 3.05) is 19.1 Å². The summed E-state index contributed by atoms with van der Waals surface area (Å²) < 4.78 is 5.21. The number of anilines is 2. The van der Waals surface area contributed by atoms with Crippen LogP contribution in [0.4, 0.5) is 10.8 Å². The van der Waals surface area contributed by atoms with Gasteiger partial charge in [-0.15, -0.1) is 11.3 Å². The fourth-order valence-electron chi connectivity index (χ4n) is 3.23. The number of rotatable bonds is 7. The quantitative estimate of drug-likeness (QED) is 0.546. The van der Waals surface area contributed by atoms with Crippen molar-refractivity contribution in [1.82, 2.24) is 9.88 Å². The van der Waals surface area contributed by atoms with Gasteiger partial charge in [0.05, 0.1) is 18.5 Å². The molecule has 0 aliphatic heterocycles. The van der Waals surface area contributed by atoms with Crippen molar-refractivity contribution in [3.8, 4) is 5.75 Å². The van der Waals surface area contributed by atoms with E-state index in [0.29, 0.717) is 11.7 Å². The Labute approximate surface area is 176 Å². The van der Waals surface area contributed by atoms with Gasteiger partial charge in [0.15, 0.2) is 5.13 Å². The van der Waals surface area contributed by atoms with Crippen molar-refractivity contribution < 1.29 is 9.53 Å². The average Bonchev–Trinajstić information content (AvgIpc) is 3.13. The Bertz CT molecular complexity index is 982. The highest BCUT2D eigenvalue weighted by atomic mass is 32.1. The van der Waals surface area contributed by atoms with Crippen molar-refractivity contribution in [3.63, 3.8) is 0 Å². The van der Waals surface area contributed by atoms with Gasteiger partial charge in [-0.25, -0.2) is 4.98 Å². The SMILES string of the molecule is COc1ccc(CN(C)Cc2csc(N(C(C)=O)c3cccc(C)c3C)n2)cc1. The molecular formula is C23H27N3O2S. The summed E-state index contributed by atoms with van der Waals surface area (Å²) in [6.45, 7) is 7.19. The lowest BCUT2D eigenvalue weighted by Gasteiger charge is -2.21. The number of hydrogen-bond acceptors (Lipinski definition) is 5. The number of amides is 1. The molecule has 5 nitrogen and oxygen atoms in total. The molecule has 0 saturated carbocycles. The molecule has 6 heteroatoms. The van der Waals surface area contributed by atoms with Crippen LogP contribution < -0.4 is 9.64 Å². The third-order valence-electron chi connectivity index (χ3n) is 4.91. The highest BCUT2D eigenvalue weighted by Crippen LogP contribution is 2.32. The van der Waals surface area contributed by atoms with Crippen LogP contribution in [-0.4, -0.2) is 29.9 Å². The van der Waals surface area contributed by atoms with Crippen LogP contribution >= 0.6 is 11.3 Å². The fraction of sp³-hybridized carbons (Fsp3) is 0.304. The van der Waals surface area contributed by atoms with Crippen LogP contribution in [0.3, 0.4) is 0 Å². The van der Waals surface area contributed by atoms with E-state index < -0.39 is 0 Å². The number of methoxy groups -OCH3 is 1. The number of carbonyl (C=O) groups is 1. The number of carbonyl (C=O) groups excluding carboxylic acids is 1. The molecule has 0 bridgehead atoms. The van der Waals surface area contributed by atoms with Crippen molar-refractivity contribution in [1.29, 1.82) is 0 Å². The van der Waals surface area contributed by atoms with E-state index in [-0.39, 0.29) is 5.91 Å². The number of thiazole rings is 1. The first-order valence-electron chi connectivity index (χ1n) is 9.52. The largest absolute Gasteiger partial charge is 0.497 e. The van der Waals surface area contributed by atoms with E-state index >= 15 is 0 Å². The van der Waals surface area contributed by atoms with Gasteiger partial charge in [-0.05, 0) is 55.8 Å². The first-order chi connectivity index (χ1) is 13.9. The highest BCUT2D eigenvalue weighted by Gasteiger charge is 2.20. The second-order valence-electron chi connectivity index (χ2n) is 7.22. The molecule has 0 spiro atoms. The summed E-state index contributed by atoms with van der Waals surface area (Å²) in [5, 5.41) is 2.74. The Balaban J connectivity index is 1.74. The van der Waals surface area contributed by atoms with Gasteiger partial charge in [0.1, 0.15) is 5.75 Å². The Morgan fingerprint density at radius 1 is 1.10 bits per heavy atom. The van der Waals surface area contributed by atoms with Crippen molar-refractivity contribution in [2.45, 2.75) is 33.9 Å². The third kappa shape index (κ3) is 5.02. The molecule has 0 atom stereocenters. The van der Waals surface area contributed by atoms with Gasteiger partial charge in [-0.2, -0.15) is 0 Å². The van der Waals surface area contributed by atoms with Gasteiger partial charge in [0.25, 0.3) is 0 Å². The van der Waals surface area contributed by atoms with E-state index in [9.17, 15) is 4.79 Å². The number of ether oxygens (including phenoxy) is 1. The molecule has 152 valence electrons. The summed E-state index contributed by atoms with van der Waals surface area (Å²) in [5.41, 5.74) is 5.31. The van der Waals surface area contributed by atoms with Gasteiger partial charge in [0, 0.05) is 25.4 Å². The molecule has 0 unspecified atom stereocenters. The van der Waals surface area contributed by atoms with Gasteiger partial charge >= 0.3 is 0 Å². The van der Waals surface area contributed by atoms with Crippen LogP contribution in [0, 0.1) is 13.8 Å². The molecule has 29 heavy (non-hydrogen) atoms. The maximum Gasteiger partial charge on any atom is 0.230 e. The fourth-order valence-corrected chi connectivity index (χ4v) is 4.10. The smallest absolute Gasteiger partial charge is 0.230 e. The number of nitrogens with zero attached hydrogens (tertiary/aromatic N) is 3. The lowest BCUT2D eigenvalue weighted by molar-refractivity contribution is -0.115. The maximum absolute atomic E-state index is 12.4. The minimum atomic E-state index is -0.0359. The molecular weight excluding hydrogens is 382 g/mol. The summed E-state index contributed by atoms with van der Waals surface area (Å²) in [6, 6.07) is 14.1. The van der Waals surface area contributed by atoms with Crippen molar-refractivity contribution >= 4 is 28.1 Å². The summed E-state index contributed by atoms with van der Waals surface area (Å²) in [5.74, 6) is 0.822. The van der Waals surface area contributed by atoms with E-state index in [1.807, 2.05) is 36.6 Å². The molecule has 0 N–H and O–H groups in total. The molecule has 0 aliphatic rings. The van der Waals surface area contributed by atoms with Gasteiger partial charge in [-0.3, -0.25) is 14.6 Å². The molecule has 1 heterocycles. The first kappa shape index (κ1) is 21.0. The zero-order chi connectivity index (χ0) is 21.0. The highest BCUT2D eigenvalue weighted by molar-refractivity contribution is 7.14. The minimum absolute atomic E-state index is 0.0359. The van der Waals surface area contributed by atoms with E-state index in [4.69, 9.17) is 9.72 Å². The van der Waals surface area contributed by atoms with Crippen LogP contribution in [0.2, 0.25) is 0 Å². The number of aromatic nitrogens is 1. The first-order valence-corrected chi connectivity index (χ1v) is 10.4. The lowest BCUT2D eigenvalue weighted by atomic mass is 10.1. The zero-order valence-electron chi connectivity index (χ0n) is 17.6. The Hall–Kier alpha value is -2.70. The number of hydrogen-bond donors (Lipinski definition) is 0. The van der Waals surface area contributed by atoms with Crippen LogP contribution in [0.5, 0.6) is 5.75 Å². The molecule has 0 radical (unpaired) electrons. The molecule has 1 amide bonds. The molecule has 0 saturated heterocycles. The summed E-state index contributed by atoms with van der Waals surface area (Å²) in [6.07, 6.45) is 0. The Morgan fingerprint density at radius 2 is 1.83 bits per heavy atom. The summed E-state index contributed by atoms with van der Waals surface area (Å²) >= 11 is 1.50. The zero-order valence-corrected chi connectivity index (χ0v) is 18.4. The van der Waals surface area contributed by atoms with Crippen LogP contribution in [0.25, 0.3) is 0 Å². The van der Waals surface area contributed by atoms with Crippen LogP contribution in [0.15, 0.2) is 47.8 Å². The molecule has 2 aromatic carbocycles. The standard InChI is InChI=1S/C23H27N3O2S/c1-16-7-6-8-22(17(16)2)26(18(3)27)23-24-20(15-29-23)14-25(4)13-19-9-11-21(28-5)12-10-19/h6-12,15H,13-14H2,1-5H3. The molecule has 1 aromatic heterocycles. The van der Waals surface area contributed by atoms with E-state index in [0.717, 1.165) is 34.8 Å². The number of aryl methyl sites for hydroxylation is 1. The topological polar surface area (TPSA) is 45.7 Å². The van der Waals surface area contributed by atoms with E-state index in [1.54, 1.807) is 18.9 Å². The van der Waals surface area contributed by atoms with Crippen molar-refractivity contribution in [3.05, 3.63) is 70.2 Å². The normalized spacial score (nSPS) is 11.0. The van der Waals surface area contributed by atoms with Crippen molar-refractivity contribution in [2.24, 2.45) is 0 Å². The minimum Gasteiger partial charge on any atom is -0.497 e. The van der Waals surface area contributed by atoms with Crippen LogP contribution in [0.1, 0.15) is 29.3 Å². The second-order valence-corrected chi connectivity index (χ2v) is 8.05. The van der Waals surface area contributed by atoms with Crippen LogP contribution in [-0.2, 0) is 17.9 Å². The Kier molecular flexibility index (Phi) is 6.67. The summed E-state index contributed by atoms with van der Waals surface area (Å²) in [7, 11) is 3.74. The predicted octanol–water partition coefficient (Wildman–Crippen LogP) is 5.09. The van der Waals surface area contributed by atoms with Gasteiger partial charge in [0.2, 0.25) is 5.91 Å². The molecule has 3 aromatic rings. The number of benzene rings is 2. The molecule has 3 rings (SSSR count). The molecule has 0 fully saturated rings. The average molecular weight is 410 g/mol. The Morgan fingerprint density at radius 3 is 2.48 bits per heavy atom. The maximum atomic E-state index is 12.4. The van der Waals surface area contributed by atoms with Gasteiger partial charge in [-0.1, -0.05) is 24.3 Å². The third-order valence-corrected chi connectivity index (χ3v) is 5.78. The summed E-state index contributed by atoms with van der Waals surface area (Å²) in [4.78, 5) is 21.1. The predicted molar refractivity (Wildman–Crippen MR) is 119 cm³/mol. The van der Waals surface area contributed by atoms with E-state index in [2.05, 4.69) is 37.1 Å². The monoisotopic (exact) mass is 409 g/mol. The molecule has 0 aliphatic carbocycles.